The van der Waals surface area contributed by atoms with E-state index in [2.05, 4.69) is 5.32 Å². The molecule has 1 aliphatic carbocycles. The number of hydrogen-bond acceptors (Lipinski definition) is 5. The number of anilines is 2. The van der Waals surface area contributed by atoms with Crippen LogP contribution in [-0.2, 0) is 23.2 Å². The first kappa shape index (κ1) is 23.4. The van der Waals surface area contributed by atoms with Crippen molar-refractivity contribution in [2.24, 2.45) is 5.41 Å². The fourth-order valence-corrected chi connectivity index (χ4v) is 5.54. The van der Waals surface area contributed by atoms with Gasteiger partial charge >= 0.3 is 12.1 Å². The molecule has 2 aliphatic rings. The highest BCUT2D eigenvalue weighted by Crippen LogP contribution is 2.58. The Balaban J connectivity index is 1.82. The third kappa shape index (κ3) is 3.73. The van der Waals surface area contributed by atoms with E-state index in [0.29, 0.717) is 24.2 Å². The lowest BCUT2D eigenvalue weighted by Gasteiger charge is -2.61. The number of benzene rings is 2. The Bertz CT molecular complexity index is 1060. The third-order valence-corrected chi connectivity index (χ3v) is 7.80. The minimum Gasteiger partial charge on any atom is -0.379 e. The maximum Gasteiger partial charge on any atom is 0.471 e. The minimum absolute atomic E-state index is 0.0169. The molecule has 2 atom stereocenters. The van der Waals surface area contributed by atoms with Crippen molar-refractivity contribution in [1.29, 1.82) is 0 Å². The van der Waals surface area contributed by atoms with E-state index in [-0.39, 0.29) is 23.9 Å². The van der Waals surface area contributed by atoms with Gasteiger partial charge in [0, 0.05) is 24.5 Å². The lowest BCUT2D eigenvalue weighted by molar-refractivity contribution is -0.195. The number of nitrogens with zero attached hydrogens (tertiary/aromatic N) is 2. The van der Waals surface area contributed by atoms with Crippen LogP contribution in [0.2, 0.25) is 0 Å². The summed E-state index contributed by atoms with van der Waals surface area (Å²) >= 11 is 0. The van der Waals surface area contributed by atoms with E-state index in [1.807, 2.05) is 57.2 Å². The number of carbonyl (C=O) groups excluding carboxylic acids is 1. The zero-order chi connectivity index (χ0) is 24.2. The van der Waals surface area contributed by atoms with E-state index in [0.717, 1.165) is 16.0 Å². The fourth-order valence-electron chi connectivity index (χ4n) is 5.54. The van der Waals surface area contributed by atoms with Crippen molar-refractivity contribution in [3.63, 3.8) is 0 Å². The molecule has 0 aromatic heterocycles. The van der Waals surface area contributed by atoms with Crippen LogP contribution in [0.4, 0.5) is 24.5 Å². The first-order valence-corrected chi connectivity index (χ1v) is 10.9. The van der Waals surface area contributed by atoms with Gasteiger partial charge in [-0.25, -0.2) is 0 Å². The van der Waals surface area contributed by atoms with Gasteiger partial charge in [0.2, 0.25) is 0 Å². The molecule has 0 radical (unpaired) electrons. The van der Waals surface area contributed by atoms with E-state index in [9.17, 15) is 28.4 Å². The summed E-state index contributed by atoms with van der Waals surface area (Å²) in [6.45, 7) is 6.23. The lowest BCUT2D eigenvalue weighted by Crippen LogP contribution is -2.66. The summed E-state index contributed by atoms with van der Waals surface area (Å²) in [4.78, 5) is 13.2. The molecule has 1 heterocycles. The number of hydrogen-bond donors (Lipinski definition) is 3. The summed E-state index contributed by atoms with van der Waals surface area (Å²) in [5, 5.41) is 23.0. The number of rotatable bonds is 4. The Labute approximate surface area is 190 Å². The Morgan fingerprint density at radius 2 is 1.82 bits per heavy atom. The topological polar surface area (TPSA) is 76.0 Å². The second-order valence-corrected chi connectivity index (χ2v) is 9.63. The quantitative estimate of drug-likeness (QED) is 0.563. The molecule has 1 amide bonds. The highest BCUT2D eigenvalue weighted by molar-refractivity contribution is 5.83. The van der Waals surface area contributed by atoms with Gasteiger partial charge in [-0.05, 0) is 41.0 Å². The molecule has 2 aromatic carbocycles. The zero-order valence-electron chi connectivity index (χ0n) is 18.8. The Morgan fingerprint density at radius 3 is 2.42 bits per heavy atom. The maximum absolute atomic E-state index is 13.4. The highest BCUT2D eigenvalue weighted by Gasteiger charge is 2.59. The molecule has 1 saturated heterocycles. The molecule has 2 bridgehead atoms. The smallest absolute Gasteiger partial charge is 0.379 e. The van der Waals surface area contributed by atoms with Crippen molar-refractivity contribution in [1.82, 2.24) is 4.90 Å². The maximum atomic E-state index is 13.4. The van der Waals surface area contributed by atoms with Gasteiger partial charge in [0.1, 0.15) is 5.69 Å². The summed E-state index contributed by atoms with van der Waals surface area (Å²) in [6.07, 6.45) is -4.42. The molecule has 4 rings (SSSR count). The van der Waals surface area contributed by atoms with Gasteiger partial charge in [-0.15, -0.1) is 5.23 Å². The van der Waals surface area contributed by atoms with Crippen molar-refractivity contribution in [2.45, 2.75) is 57.8 Å². The van der Waals surface area contributed by atoms with Crippen molar-refractivity contribution in [3.8, 4) is 0 Å². The van der Waals surface area contributed by atoms with E-state index >= 15 is 0 Å². The Kier molecular flexibility index (Phi) is 5.61. The summed E-state index contributed by atoms with van der Waals surface area (Å²) in [5.41, 5.74) is 2.00. The molecule has 3 N–H and O–H groups in total. The van der Waals surface area contributed by atoms with Crippen LogP contribution in [0.1, 0.15) is 43.9 Å². The largest absolute Gasteiger partial charge is 0.471 e. The molecular formula is C24H28F3N3O3. The summed E-state index contributed by atoms with van der Waals surface area (Å²) < 4.78 is 40.1. The number of piperidine rings is 1. The van der Waals surface area contributed by atoms with Crippen molar-refractivity contribution < 1.29 is 28.4 Å². The molecule has 1 aliphatic heterocycles. The van der Waals surface area contributed by atoms with Gasteiger partial charge in [0.05, 0.1) is 5.69 Å². The van der Waals surface area contributed by atoms with Gasteiger partial charge in [0.15, 0.2) is 0 Å². The standard InChI is InChI=1S/C24H28F3N3O3/c1-22(2)19-13-16-17(23(22,3)11-12-29(19)21(31)24(25,26)27)9-10-18(30(32)33)20(16)28-14-15-7-5-4-6-8-15/h4-10,19,28,32-33H,11-14H2,1-3H3/t19-,23+/m1/s1. The molecule has 33 heavy (non-hydrogen) atoms. The predicted molar refractivity (Wildman–Crippen MR) is 117 cm³/mol. The van der Waals surface area contributed by atoms with E-state index in [4.69, 9.17) is 0 Å². The van der Waals surface area contributed by atoms with E-state index in [1.54, 1.807) is 6.07 Å². The lowest BCUT2D eigenvalue weighted by atomic mass is 9.50. The normalized spacial score (nSPS) is 23.6. The first-order valence-electron chi connectivity index (χ1n) is 10.9. The van der Waals surface area contributed by atoms with Gasteiger partial charge < -0.3 is 10.2 Å². The summed E-state index contributed by atoms with van der Waals surface area (Å²) in [6, 6.07) is 12.2. The van der Waals surface area contributed by atoms with E-state index < -0.39 is 29.0 Å². The molecule has 0 unspecified atom stereocenters. The third-order valence-electron chi connectivity index (χ3n) is 7.80. The van der Waals surface area contributed by atoms with Crippen LogP contribution in [-0.4, -0.2) is 40.0 Å². The molecular weight excluding hydrogens is 435 g/mol. The highest BCUT2D eigenvalue weighted by atomic mass is 19.4. The summed E-state index contributed by atoms with van der Waals surface area (Å²) in [7, 11) is 0. The average molecular weight is 464 g/mol. The van der Waals surface area contributed by atoms with Crippen LogP contribution in [0.5, 0.6) is 0 Å². The van der Waals surface area contributed by atoms with Crippen LogP contribution < -0.4 is 10.5 Å². The molecule has 6 nitrogen and oxygen atoms in total. The molecule has 0 spiro atoms. The second kappa shape index (κ2) is 7.92. The van der Waals surface area contributed by atoms with Gasteiger partial charge in [0.25, 0.3) is 0 Å². The number of alkyl halides is 3. The Morgan fingerprint density at radius 1 is 1.15 bits per heavy atom. The molecule has 178 valence electrons. The summed E-state index contributed by atoms with van der Waals surface area (Å²) in [5.74, 6) is -1.83. The van der Waals surface area contributed by atoms with Gasteiger partial charge in [-0.3, -0.25) is 15.2 Å². The van der Waals surface area contributed by atoms with Crippen LogP contribution >= 0.6 is 0 Å². The number of likely N-dealkylation sites (tertiary alicyclic amines) is 1. The fraction of sp³-hybridized carbons (Fsp3) is 0.458. The van der Waals surface area contributed by atoms with Gasteiger partial charge in [-0.1, -0.05) is 57.2 Å². The van der Waals surface area contributed by atoms with Crippen molar-refractivity contribution >= 4 is 17.3 Å². The first-order chi connectivity index (χ1) is 15.4. The number of fused-ring (bicyclic) bond motifs is 4. The van der Waals surface area contributed by atoms with Crippen molar-refractivity contribution in [2.75, 3.05) is 17.1 Å². The monoisotopic (exact) mass is 463 g/mol. The van der Waals surface area contributed by atoms with Crippen LogP contribution in [0.3, 0.4) is 0 Å². The average Bonchev–Trinajstić information content (AvgIpc) is 2.74. The number of carbonyl (C=O) groups is 1. The molecule has 9 heteroatoms. The number of halogens is 3. The molecule has 1 fully saturated rings. The Hall–Kier alpha value is -2.78. The van der Waals surface area contributed by atoms with Gasteiger partial charge in [-0.2, -0.15) is 13.2 Å². The molecule has 0 saturated carbocycles. The number of amides is 1. The second-order valence-electron chi connectivity index (χ2n) is 9.63. The van der Waals surface area contributed by atoms with Crippen molar-refractivity contribution in [3.05, 3.63) is 59.2 Å². The SMILES string of the molecule is CC1(C)[C@H]2Cc3c(ccc(N(O)O)c3NCc3ccccc3)[C@]1(C)CCN2C(=O)C(F)(F)F. The number of nitrogens with one attached hydrogen (secondary N) is 1. The predicted octanol–water partition coefficient (Wildman–Crippen LogP) is 4.89. The zero-order valence-corrected chi connectivity index (χ0v) is 18.8. The molecule has 2 aromatic rings. The minimum atomic E-state index is -4.95. The van der Waals surface area contributed by atoms with E-state index in [1.165, 1.54) is 0 Å². The van der Waals surface area contributed by atoms with Crippen LogP contribution in [0.15, 0.2) is 42.5 Å². The van der Waals surface area contributed by atoms with Crippen LogP contribution in [0.25, 0.3) is 0 Å². The van der Waals surface area contributed by atoms with Crippen LogP contribution in [0, 0.1) is 5.41 Å².